The van der Waals surface area contributed by atoms with Gasteiger partial charge in [-0.3, -0.25) is 14.9 Å². The molecular weight excluding hydrogens is 430 g/mol. The molecule has 0 aliphatic carbocycles. The molecular formula is C23H19N3O5S. The summed E-state index contributed by atoms with van der Waals surface area (Å²) in [5.41, 5.74) is 3.13. The topological polar surface area (TPSA) is 107 Å². The molecule has 0 unspecified atom stereocenters. The van der Waals surface area contributed by atoms with E-state index in [9.17, 15) is 14.9 Å². The van der Waals surface area contributed by atoms with Gasteiger partial charge in [0.05, 0.1) is 34.3 Å². The number of amidine groups is 1. The van der Waals surface area contributed by atoms with Crippen molar-refractivity contribution in [1.29, 1.82) is 0 Å². The third-order valence-corrected chi connectivity index (χ3v) is 5.70. The van der Waals surface area contributed by atoms with Crippen LogP contribution in [0, 0.1) is 24.0 Å². The van der Waals surface area contributed by atoms with Crippen LogP contribution in [0.15, 0.2) is 62.8 Å². The van der Waals surface area contributed by atoms with E-state index in [-0.39, 0.29) is 11.6 Å². The molecule has 162 valence electrons. The molecule has 1 fully saturated rings. The lowest BCUT2D eigenvalue weighted by Crippen LogP contribution is -2.19. The van der Waals surface area contributed by atoms with E-state index in [2.05, 4.69) is 10.3 Å². The number of benzene rings is 2. The molecule has 2 heterocycles. The number of methoxy groups -OCH3 is 1. The van der Waals surface area contributed by atoms with E-state index < -0.39 is 4.92 Å². The number of rotatable bonds is 5. The second-order valence-corrected chi connectivity index (χ2v) is 8.14. The van der Waals surface area contributed by atoms with Gasteiger partial charge in [-0.2, -0.15) is 0 Å². The minimum atomic E-state index is -0.491. The minimum Gasteiger partial charge on any atom is -0.497 e. The molecule has 1 aliphatic rings. The molecule has 1 saturated heterocycles. The Labute approximate surface area is 188 Å². The number of carbonyl (C=O) groups is 1. The summed E-state index contributed by atoms with van der Waals surface area (Å²) in [6, 6.07) is 13.7. The zero-order valence-corrected chi connectivity index (χ0v) is 18.4. The van der Waals surface area contributed by atoms with Crippen molar-refractivity contribution in [1.82, 2.24) is 5.32 Å². The van der Waals surface area contributed by atoms with Gasteiger partial charge in [-0.05, 0) is 61.5 Å². The zero-order chi connectivity index (χ0) is 22.8. The number of ether oxygens (including phenoxy) is 1. The van der Waals surface area contributed by atoms with Crippen molar-refractivity contribution in [3.63, 3.8) is 0 Å². The van der Waals surface area contributed by atoms with E-state index in [1.807, 2.05) is 32.0 Å². The summed E-state index contributed by atoms with van der Waals surface area (Å²) in [5, 5.41) is 14.7. The molecule has 1 N–H and O–H groups in total. The molecule has 9 heteroatoms. The van der Waals surface area contributed by atoms with Crippen molar-refractivity contribution in [3.05, 3.63) is 80.4 Å². The number of nitro benzene ring substituents is 1. The zero-order valence-electron chi connectivity index (χ0n) is 17.5. The second kappa shape index (κ2) is 8.72. The minimum absolute atomic E-state index is 0.131. The van der Waals surface area contributed by atoms with Crippen molar-refractivity contribution in [3.8, 4) is 17.1 Å². The van der Waals surface area contributed by atoms with Gasteiger partial charge in [-0.1, -0.05) is 17.7 Å². The van der Waals surface area contributed by atoms with Gasteiger partial charge < -0.3 is 14.5 Å². The average Bonchev–Trinajstić information content (AvgIpc) is 3.36. The van der Waals surface area contributed by atoms with Gasteiger partial charge in [0.15, 0.2) is 5.17 Å². The van der Waals surface area contributed by atoms with Gasteiger partial charge in [0, 0.05) is 6.08 Å². The highest BCUT2D eigenvalue weighted by molar-refractivity contribution is 8.18. The summed E-state index contributed by atoms with van der Waals surface area (Å²) in [6.07, 6.45) is 1.59. The van der Waals surface area contributed by atoms with Crippen LogP contribution in [0.1, 0.15) is 16.9 Å². The normalized spacial score (nSPS) is 15.9. The maximum absolute atomic E-state index is 12.4. The van der Waals surface area contributed by atoms with E-state index in [1.165, 1.54) is 24.9 Å². The molecule has 32 heavy (non-hydrogen) atoms. The number of hydrogen-bond donors (Lipinski definition) is 1. The summed E-state index contributed by atoms with van der Waals surface area (Å²) in [4.78, 5) is 28.3. The van der Waals surface area contributed by atoms with Crippen LogP contribution in [0.2, 0.25) is 0 Å². The monoisotopic (exact) mass is 449 g/mol. The van der Waals surface area contributed by atoms with Crippen molar-refractivity contribution in [2.75, 3.05) is 7.11 Å². The number of nitrogens with zero attached hydrogens (tertiary/aromatic N) is 2. The predicted octanol–water partition coefficient (Wildman–Crippen LogP) is 5.37. The van der Waals surface area contributed by atoms with Crippen LogP contribution in [-0.2, 0) is 4.79 Å². The number of nitrogens with one attached hydrogen (secondary N) is 1. The first-order valence-electron chi connectivity index (χ1n) is 9.63. The third kappa shape index (κ3) is 4.42. The molecule has 4 rings (SSSR count). The molecule has 1 aromatic heterocycles. The molecule has 1 amide bonds. The van der Waals surface area contributed by atoms with Crippen molar-refractivity contribution in [2.24, 2.45) is 4.99 Å². The molecule has 0 atom stereocenters. The Hall–Kier alpha value is -3.85. The summed E-state index contributed by atoms with van der Waals surface area (Å²) in [5.74, 6) is 0.810. The standard InChI is InChI=1S/C23H19N3O5S/c1-13-4-8-18(14(2)10-13)24-23-25-22(27)21(32-23)12-16-6-9-20(31-16)17-7-5-15(30-3)11-19(17)26(28)29/h4-12H,1-3H3,(H,24,25,27). The molecule has 8 nitrogen and oxygen atoms in total. The summed E-state index contributed by atoms with van der Waals surface area (Å²) in [6.45, 7) is 3.97. The smallest absolute Gasteiger partial charge is 0.284 e. The van der Waals surface area contributed by atoms with Crippen LogP contribution in [-0.4, -0.2) is 23.1 Å². The number of thioether (sulfide) groups is 1. The van der Waals surface area contributed by atoms with Crippen molar-refractivity contribution >= 4 is 40.3 Å². The summed E-state index contributed by atoms with van der Waals surface area (Å²) >= 11 is 1.21. The Bertz CT molecular complexity index is 1290. The summed E-state index contributed by atoms with van der Waals surface area (Å²) in [7, 11) is 1.44. The molecule has 3 aromatic rings. The Morgan fingerprint density at radius 3 is 2.69 bits per heavy atom. The fourth-order valence-electron chi connectivity index (χ4n) is 3.22. The first kappa shape index (κ1) is 21.4. The first-order valence-corrected chi connectivity index (χ1v) is 10.4. The molecule has 2 aromatic carbocycles. The predicted molar refractivity (Wildman–Crippen MR) is 124 cm³/mol. The van der Waals surface area contributed by atoms with Gasteiger partial charge in [-0.25, -0.2) is 4.99 Å². The van der Waals surface area contributed by atoms with Gasteiger partial charge in [0.25, 0.3) is 11.6 Å². The van der Waals surface area contributed by atoms with Crippen LogP contribution in [0.25, 0.3) is 17.4 Å². The lowest BCUT2D eigenvalue weighted by molar-refractivity contribution is -0.384. The van der Waals surface area contributed by atoms with Crippen LogP contribution in [0.5, 0.6) is 5.75 Å². The molecule has 0 spiro atoms. The lowest BCUT2D eigenvalue weighted by Gasteiger charge is -2.03. The summed E-state index contributed by atoms with van der Waals surface area (Å²) < 4.78 is 10.8. The first-order chi connectivity index (χ1) is 15.3. The number of nitro groups is 1. The maximum Gasteiger partial charge on any atom is 0.284 e. The van der Waals surface area contributed by atoms with Crippen LogP contribution in [0.4, 0.5) is 11.4 Å². The van der Waals surface area contributed by atoms with Crippen LogP contribution >= 0.6 is 11.8 Å². The van der Waals surface area contributed by atoms with E-state index >= 15 is 0 Å². The Morgan fingerprint density at radius 1 is 1.16 bits per heavy atom. The Morgan fingerprint density at radius 2 is 1.97 bits per heavy atom. The highest BCUT2D eigenvalue weighted by Crippen LogP contribution is 2.35. The number of aryl methyl sites for hydroxylation is 2. The van der Waals surface area contributed by atoms with E-state index in [0.29, 0.717) is 32.9 Å². The highest BCUT2D eigenvalue weighted by atomic mass is 32.2. The quantitative estimate of drug-likeness (QED) is 0.319. The van der Waals surface area contributed by atoms with Gasteiger partial charge >= 0.3 is 0 Å². The van der Waals surface area contributed by atoms with E-state index in [0.717, 1.165) is 16.8 Å². The molecule has 0 radical (unpaired) electrons. The molecule has 0 bridgehead atoms. The number of hydrogen-bond acceptors (Lipinski definition) is 7. The molecule has 0 saturated carbocycles. The largest absolute Gasteiger partial charge is 0.497 e. The van der Waals surface area contributed by atoms with E-state index in [1.54, 1.807) is 30.3 Å². The maximum atomic E-state index is 12.4. The van der Waals surface area contributed by atoms with Gasteiger partial charge in [0.2, 0.25) is 0 Å². The van der Waals surface area contributed by atoms with Crippen LogP contribution in [0.3, 0.4) is 0 Å². The SMILES string of the molecule is COc1ccc(-c2ccc(C=C3SC(=Nc4ccc(C)cc4C)NC3=O)o2)c([N+](=O)[O-])c1. The second-order valence-electron chi connectivity index (χ2n) is 7.11. The van der Waals surface area contributed by atoms with Crippen molar-refractivity contribution in [2.45, 2.75) is 13.8 Å². The molecule has 1 aliphatic heterocycles. The van der Waals surface area contributed by atoms with E-state index in [4.69, 9.17) is 9.15 Å². The van der Waals surface area contributed by atoms with Crippen molar-refractivity contribution < 1.29 is 18.9 Å². The average molecular weight is 449 g/mol. The lowest BCUT2D eigenvalue weighted by atomic mass is 10.1. The fourth-order valence-corrected chi connectivity index (χ4v) is 4.04. The fraction of sp³-hybridized carbons (Fsp3) is 0.130. The van der Waals surface area contributed by atoms with Gasteiger partial charge in [0.1, 0.15) is 17.3 Å². The number of amides is 1. The highest BCUT2D eigenvalue weighted by Gasteiger charge is 2.25. The number of aliphatic imine (C=N–C) groups is 1. The number of carbonyl (C=O) groups excluding carboxylic acids is 1. The number of furan rings is 1. The van der Waals surface area contributed by atoms with Gasteiger partial charge in [-0.15, -0.1) is 0 Å². The van der Waals surface area contributed by atoms with Crippen LogP contribution < -0.4 is 10.1 Å². The third-order valence-electron chi connectivity index (χ3n) is 4.79. The Kier molecular flexibility index (Phi) is 5.83. The Balaban J connectivity index is 1.59.